The Morgan fingerprint density at radius 3 is 2.74 bits per heavy atom. The van der Waals surface area contributed by atoms with E-state index in [0.717, 1.165) is 9.92 Å². The molecule has 0 fully saturated rings. The summed E-state index contributed by atoms with van der Waals surface area (Å²) < 4.78 is 17.3. The summed E-state index contributed by atoms with van der Waals surface area (Å²) in [5.74, 6) is 0. The average Bonchev–Trinajstić information content (AvgIpc) is 2.42. The quantitative estimate of drug-likeness (QED) is 0.693. The van der Waals surface area contributed by atoms with Crippen molar-refractivity contribution in [2.45, 2.75) is 9.92 Å². The van der Waals surface area contributed by atoms with Crippen LogP contribution in [0.4, 0.5) is 5.69 Å². The van der Waals surface area contributed by atoms with Gasteiger partial charge in [-0.25, -0.2) is 4.98 Å². The first-order chi connectivity index (χ1) is 9.03. The molecule has 0 saturated carbocycles. The van der Waals surface area contributed by atoms with Crippen LogP contribution in [0.5, 0.6) is 0 Å². The molecule has 0 aliphatic carbocycles. The van der Waals surface area contributed by atoms with E-state index in [1.807, 2.05) is 24.3 Å². The van der Waals surface area contributed by atoms with Crippen LogP contribution in [0, 0.1) is 0 Å². The molecule has 0 bridgehead atoms. The number of aromatic nitrogens is 1. The molecule has 1 heterocycles. The van der Waals surface area contributed by atoms with Crippen LogP contribution in [0.2, 0.25) is 0 Å². The molecular formula is C13H15N2O2PS. The van der Waals surface area contributed by atoms with E-state index in [4.69, 9.17) is 10.3 Å². The number of nitrogens with two attached hydrogens (primary N) is 1. The average molecular weight is 294 g/mol. The molecule has 0 aliphatic heterocycles. The van der Waals surface area contributed by atoms with E-state index >= 15 is 0 Å². The van der Waals surface area contributed by atoms with Crippen molar-refractivity contribution in [3.05, 3.63) is 42.6 Å². The lowest BCUT2D eigenvalue weighted by atomic mass is 10.3. The van der Waals surface area contributed by atoms with E-state index in [1.54, 1.807) is 25.0 Å². The van der Waals surface area contributed by atoms with Gasteiger partial charge in [0.15, 0.2) is 0 Å². The van der Waals surface area contributed by atoms with Crippen molar-refractivity contribution in [2.75, 3.05) is 19.5 Å². The second-order valence-electron chi connectivity index (χ2n) is 4.02. The molecule has 2 rings (SSSR count). The lowest BCUT2D eigenvalue weighted by molar-refractivity contribution is 0.408. The monoisotopic (exact) mass is 294 g/mol. The highest BCUT2D eigenvalue weighted by molar-refractivity contribution is 7.99. The third-order valence-electron chi connectivity index (χ3n) is 2.65. The maximum absolute atomic E-state index is 12.3. The highest BCUT2D eigenvalue weighted by atomic mass is 32.2. The molecule has 100 valence electrons. The number of benzene rings is 1. The molecule has 0 amide bonds. The second kappa shape index (κ2) is 5.78. The fourth-order valence-corrected chi connectivity index (χ4v) is 3.58. The first-order valence-electron chi connectivity index (χ1n) is 5.65. The van der Waals surface area contributed by atoms with Crippen molar-refractivity contribution in [3.63, 3.8) is 0 Å². The minimum atomic E-state index is -2.85. The van der Waals surface area contributed by atoms with E-state index in [0.29, 0.717) is 11.0 Å². The van der Waals surface area contributed by atoms with Crippen LogP contribution >= 0.6 is 19.1 Å². The molecule has 0 saturated heterocycles. The summed E-state index contributed by atoms with van der Waals surface area (Å²) in [7, 11) is -1.42. The Bertz CT molecular complexity index is 619. The third-order valence-corrected chi connectivity index (χ3v) is 5.55. The van der Waals surface area contributed by atoms with Gasteiger partial charge < -0.3 is 10.3 Å². The van der Waals surface area contributed by atoms with Gasteiger partial charge in [-0.3, -0.25) is 4.57 Å². The van der Waals surface area contributed by atoms with Crippen LogP contribution in [0.25, 0.3) is 0 Å². The number of nitrogen functional groups attached to an aromatic ring is 1. The highest BCUT2D eigenvalue weighted by Crippen LogP contribution is 2.43. The van der Waals surface area contributed by atoms with Crippen molar-refractivity contribution in [1.82, 2.24) is 4.98 Å². The number of rotatable bonds is 4. The Labute approximate surface area is 116 Å². The zero-order valence-electron chi connectivity index (χ0n) is 10.7. The van der Waals surface area contributed by atoms with E-state index < -0.39 is 7.37 Å². The van der Waals surface area contributed by atoms with Crippen molar-refractivity contribution in [3.8, 4) is 0 Å². The minimum absolute atomic E-state index is 0.484. The molecule has 4 nitrogen and oxygen atoms in total. The molecule has 0 radical (unpaired) electrons. The van der Waals surface area contributed by atoms with Gasteiger partial charge >= 0.3 is 0 Å². The summed E-state index contributed by atoms with van der Waals surface area (Å²) in [5, 5.41) is 1.43. The minimum Gasteiger partial charge on any atom is -0.398 e. The highest BCUT2D eigenvalue weighted by Gasteiger charge is 2.21. The summed E-state index contributed by atoms with van der Waals surface area (Å²) in [6.07, 6.45) is 1.74. The molecule has 19 heavy (non-hydrogen) atoms. The van der Waals surface area contributed by atoms with Crippen molar-refractivity contribution in [2.24, 2.45) is 0 Å². The predicted molar refractivity (Wildman–Crippen MR) is 79.4 cm³/mol. The summed E-state index contributed by atoms with van der Waals surface area (Å²) in [6, 6.07) is 11.1. The van der Waals surface area contributed by atoms with Gasteiger partial charge in [0.1, 0.15) is 5.03 Å². The summed E-state index contributed by atoms with van der Waals surface area (Å²) >= 11 is 1.49. The molecule has 1 aromatic heterocycles. The van der Waals surface area contributed by atoms with Crippen LogP contribution in [-0.2, 0) is 9.09 Å². The van der Waals surface area contributed by atoms with Gasteiger partial charge in [0.05, 0.1) is 5.30 Å². The molecule has 6 heteroatoms. The largest absolute Gasteiger partial charge is 0.398 e. The summed E-state index contributed by atoms with van der Waals surface area (Å²) in [6.45, 7) is 1.56. The van der Waals surface area contributed by atoms with E-state index in [-0.39, 0.29) is 0 Å². The second-order valence-corrected chi connectivity index (χ2v) is 7.65. The molecule has 0 aliphatic rings. The van der Waals surface area contributed by atoms with Gasteiger partial charge in [0.2, 0.25) is 7.37 Å². The van der Waals surface area contributed by atoms with E-state index in [1.165, 1.54) is 18.9 Å². The topological polar surface area (TPSA) is 65.2 Å². The molecule has 2 N–H and O–H groups in total. The van der Waals surface area contributed by atoms with Gasteiger partial charge in [0, 0.05) is 30.6 Å². The van der Waals surface area contributed by atoms with Gasteiger partial charge in [0.25, 0.3) is 0 Å². The maximum Gasteiger partial charge on any atom is 0.230 e. The number of nitrogens with zero attached hydrogens (tertiary/aromatic N) is 1. The van der Waals surface area contributed by atoms with Gasteiger partial charge in [-0.2, -0.15) is 0 Å². The fraction of sp³-hybridized carbons (Fsp3) is 0.154. The zero-order valence-corrected chi connectivity index (χ0v) is 12.4. The molecule has 1 unspecified atom stereocenters. The number of anilines is 1. The summed E-state index contributed by atoms with van der Waals surface area (Å²) in [4.78, 5) is 5.17. The Morgan fingerprint density at radius 2 is 2.11 bits per heavy atom. The Morgan fingerprint density at radius 1 is 1.32 bits per heavy atom. The van der Waals surface area contributed by atoms with Crippen LogP contribution in [0.15, 0.2) is 52.5 Å². The van der Waals surface area contributed by atoms with E-state index in [9.17, 15) is 4.57 Å². The maximum atomic E-state index is 12.3. The van der Waals surface area contributed by atoms with Crippen molar-refractivity contribution < 1.29 is 9.09 Å². The van der Waals surface area contributed by atoms with Crippen LogP contribution < -0.4 is 11.0 Å². The van der Waals surface area contributed by atoms with Gasteiger partial charge in [-0.05, 0) is 30.3 Å². The van der Waals surface area contributed by atoms with Crippen LogP contribution in [0.1, 0.15) is 0 Å². The van der Waals surface area contributed by atoms with Gasteiger partial charge in [-0.15, -0.1) is 0 Å². The fourth-order valence-electron chi connectivity index (χ4n) is 1.57. The first-order valence-corrected chi connectivity index (χ1v) is 8.54. The molecule has 0 spiro atoms. The molecule has 1 atom stereocenters. The zero-order chi connectivity index (χ0) is 13.9. The van der Waals surface area contributed by atoms with E-state index in [2.05, 4.69) is 4.98 Å². The standard InChI is InChI=1S/C13H15N2O2PS/c1-17-18(2,16)12-9-10(6-7-11(12)14)19-13-5-3-4-8-15-13/h3-9H,14H2,1-2H3. The molecular weight excluding hydrogens is 279 g/mol. The van der Waals surface area contributed by atoms with Crippen LogP contribution in [-0.4, -0.2) is 18.8 Å². The number of pyridine rings is 1. The summed E-state index contributed by atoms with van der Waals surface area (Å²) in [5.41, 5.74) is 6.35. The van der Waals surface area contributed by atoms with Crippen molar-refractivity contribution in [1.29, 1.82) is 0 Å². The molecule has 2 aromatic rings. The Balaban J connectivity index is 2.34. The third kappa shape index (κ3) is 3.38. The predicted octanol–water partition coefficient (Wildman–Crippen LogP) is 2.99. The first kappa shape index (κ1) is 14.1. The number of hydrogen-bond donors (Lipinski definition) is 1. The lowest BCUT2D eigenvalue weighted by Gasteiger charge is -2.14. The number of hydrogen-bond acceptors (Lipinski definition) is 5. The normalized spacial score (nSPS) is 14.0. The Hall–Kier alpha value is -1.29. The van der Waals surface area contributed by atoms with Gasteiger partial charge in [-0.1, -0.05) is 17.8 Å². The SMILES string of the molecule is COP(C)(=O)c1cc(Sc2ccccn2)ccc1N. The molecule has 1 aromatic carbocycles. The van der Waals surface area contributed by atoms with Crippen LogP contribution in [0.3, 0.4) is 0 Å². The smallest absolute Gasteiger partial charge is 0.230 e. The Kier molecular flexibility index (Phi) is 4.30. The lowest BCUT2D eigenvalue weighted by Crippen LogP contribution is -2.11. The van der Waals surface area contributed by atoms with Crippen molar-refractivity contribution >= 4 is 30.1 Å².